The Hall–Kier alpha value is -3.50. The van der Waals surface area contributed by atoms with Crippen molar-refractivity contribution < 1.29 is 9.59 Å². The fraction of sp³-hybridized carbons (Fsp3) is 0.567. The molecule has 0 aliphatic carbocycles. The van der Waals surface area contributed by atoms with Gasteiger partial charge in [-0.05, 0) is 118 Å². The first-order valence-electron chi connectivity index (χ1n) is 27.4. The molecule has 0 spiro atoms. The number of carbonyl (C=O) groups excluding carboxylic acids is 2. The molecule has 2 aliphatic heterocycles. The van der Waals surface area contributed by atoms with E-state index in [0.29, 0.717) is 36.1 Å². The monoisotopic (exact) mass is 1010 g/mol. The van der Waals surface area contributed by atoms with Crippen molar-refractivity contribution in [2.24, 2.45) is 11.8 Å². The Morgan fingerprint density at radius 3 is 1.49 bits per heavy atom. The molecule has 7 rings (SSSR count). The highest BCUT2D eigenvalue weighted by Gasteiger charge is 2.47. The molecular formula is C60H83N3O2S4. The molecule has 0 fully saturated rings. The zero-order chi connectivity index (χ0) is 48.7. The molecule has 0 radical (unpaired) electrons. The molecule has 9 heteroatoms. The first-order valence-corrected chi connectivity index (χ1v) is 30.6. The summed E-state index contributed by atoms with van der Waals surface area (Å²) in [6, 6.07) is 13.6. The van der Waals surface area contributed by atoms with E-state index in [1.54, 1.807) is 22.7 Å². The maximum Gasteiger partial charge on any atom is 0.260 e. The van der Waals surface area contributed by atoms with Gasteiger partial charge in [-0.2, -0.15) is 0 Å². The lowest BCUT2D eigenvalue weighted by Gasteiger charge is -2.27. The van der Waals surface area contributed by atoms with Crippen LogP contribution in [0.4, 0.5) is 0 Å². The van der Waals surface area contributed by atoms with Gasteiger partial charge in [0.1, 0.15) is 0 Å². The standard InChI is InChI=1S/C60H83N3O2S4/c1-8-13-18-21-22-25-38-61-51-39-44(7)67-57(51)58-52(61)40-54(69-58)53-37-34-48(68-53)33-36-50-56-55(62(60(50)65)41-45(26-16-11-4)28-23-19-14-9-2)49(35-32-47-31-30-43(6)66-47)59(64)63(56)42-46(27-17-12-5)29-24-20-15-10-3/h30-37,39-40,45-46H,8-29,38,41-42H2,1-7H3/b35-32+,36-33+. The predicted molar refractivity (Wildman–Crippen MR) is 305 cm³/mol. The summed E-state index contributed by atoms with van der Waals surface area (Å²) in [6.07, 6.45) is 34.9. The third-order valence-electron chi connectivity index (χ3n) is 14.5. The van der Waals surface area contributed by atoms with Crippen molar-refractivity contribution in [1.82, 2.24) is 14.4 Å². The number of rotatable bonds is 32. The Labute approximate surface area is 432 Å². The summed E-state index contributed by atoms with van der Waals surface area (Å²) in [6.45, 7) is 18.1. The van der Waals surface area contributed by atoms with Crippen molar-refractivity contribution in [2.75, 3.05) is 13.1 Å². The van der Waals surface area contributed by atoms with E-state index < -0.39 is 0 Å². The first kappa shape index (κ1) is 53.3. The normalized spacial score (nSPS) is 15.4. The number of aromatic nitrogens is 1. The van der Waals surface area contributed by atoms with Gasteiger partial charge in [0, 0.05) is 48.9 Å². The molecule has 0 N–H and O–H groups in total. The van der Waals surface area contributed by atoms with E-state index in [2.05, 4.69) is 117 Å². The second-order valence-electron chi connectivity index (χ2n) is 20.2. The van der Waals surface area contributed by atoms with Crippen LogP contribution in [-0.4, -0.2) is 39.3 Å². The van der Waals surface area contributed by atoms with Crippen molar-refractivity contribution in [2.45, 2.75) is 196 Å². The summed E-state index contributed by atoms with van der Waals surface area (Å²) >= 11 is 7.41. The van der Waals surface area contributed by atoms with Crippen molar-refractivity contribution in [3.8, 4) is 9.75 Å². The highest BCUT2D eigenvalue weighted by atomic mass is 32.1. The Morgan fingerprint density at radius 1 is 0.464 bits per heavy atom. The summed E-state index contributed by atoms with van der Waals surface area (Å²) in [5, 5.41) is 0. The number of carbonyl (C=O) groups is 2. The van der Waals surface area contributed by atoms with E-state index in [1.165, 1.54) is 130 Å². The summed E-state index contributed by atoms with van der Waals surface area (Å²) in [5.74, 6) is 0.871. The van der Waals surface area contributed by atoms with Gasteiger partial charge in [0.05, 0.1) is 43.0 Å². The van der Waals surface area contributed by atoms with Crippen LogP contribution in [0.1, 0.15) is 195 Å². The van der Waals surface area contributed by atoms with Crippen LogP contribution in [0.25, 0.3) is 42.3 Å². The minimum Gasteiger partial charge on any atom is -0.339 e. The number of aryl methyl sites for hydroxylation is 3. The van der Waals surface area contributed by atoms with E-state index in [4.69, 9.17) is 0 Å². The topological polar surface area (TPSA) is 45.6 Å². The molecule has 0 aromatic carbocycles. The van der Waals surface area contributed by atoms with Gasteiger partial charge in [-0.1, -0.05) is 144 Å². The fourth-order valence-corrected chi connectivity index (χ4v) is 14.7. The van der Waals surface area contributed by atoms with Crippen LogP contribution in [-0.2, 0) is 16.1 Å². The van der Waals surface area contributed by atoms with Crippen molar-refractivity contribution >= 4 is 89.7 Å². The minimum atomic E-state index is 0.0497. The van der Waals surface area contributed by atoms with E-state index in [9.17, 15) is 0 Å². The molecule has 5 aromatic rings. The molecule has 374 valence electrons. The van der Waals surface area contributed by atoms with Crippen LogP contribution in [0.2, 0.25) is 0 Å². The van der Waals surface area contributed by atoms with Crippen LogP contribution in [0.3, 0.4) is 0 Å². The minimum absolute atomic E-state index is 0.0497. The van der Waals surface area contributed by atoms with Crippen LogP contribution >= 0.6 is 45.3 Å². The molecule has 5 aromatic heterocycles. The summed E-state index contributed by atoms with van der Waals surface area (Å²) < 4.78 is 5.43. The van der Waals surface area contributed by atoms with Crippen LogP contribution in [0.15, 0.2) is 71.1 Å². The van der Waals surface area contributed by atoms with E-state index in [-0.39, 0.29) is 11.8 Å². The fourth-order valence-electron chi connectivity index (χ4n) is 10.6. The van der Waals surface area contributed by atoms with Gasteiger partial charge >= 0.3 is 0 Å². The Kier molecular flexibility index (Phi) is 20.7. The number of unbranched alkanes of at least 4 members (excludes halogenated alkanes) is 13. The lowest BCUT2D eigenvalue weighted by molar-refractivity contribution is -0.125. The van der Waals surface area contributed by atoms with Crippen molar-refractivity contribution in [3.05, 3.63) is 90.6 Å². The summed E-state index contributed by atoms with van der Waals surface area (Å²) in [4.78, 5) is 42.0. The number of nitrogens with zero attached hydrogens (tertiary/aromatic N) is 3. The van der Waals surface area contributed by atoms with E-state index in [0.717, 1.165) is 79.1 Å². The molecule has 0 saturated heterocycles. The Bertz CT molecular complexity index is 2570. The SMILES string of the molecule is CCCCCCCCn1c2cc(C)sc2c2sc(-c3ccc(/C=C/C4=C5C(=C(/C=C/c6ccc(C)s6)C(=O)N5CC(CCCC)CCCCCC)N(CC(CCCC)CCCCCC)C4=O)s3)cc21. The van der Waals surface area contributed by atoms with Gasteiger partial charge in [-0.15, -0.1) is 45.3 Å². The second-order valence-corrected chi connectivity index (χ2v) is 24.9. The number of hydrogen-bond acceptors (Lipinski definition) is 6. The third-order valence-corrected chi connectivity index (χ3v) is 19.0. The first-order chi connectivity index (χ1) is 33.7. The largest absolute Gasteiger partial charge is 0.339 e. The van der Waals surface area contributed by atoms with Gasteiger partial charge in [-0.3, -0.25) is 9.59 Å². The smallest absolute Gasteiger partial charge is 0.260 e. The van der Waals surface area contributed by atoms with Gasteiger partial charge in [0.25, 0.3) is 11.8 Å². The highest BCUT2D eigenvalue weighted by Crippen LogP contribution is 2.46. The molecule has 7 heterocycles. The number of amides is 2. The average Bonchev–Trinajstić information content (AvgIpc) is 4.23. The quantitative estimate of drug-likeness (QED) is 0.0403. The molecule has 2 unspecified atom stereocenters. The Morgan fingerprint density at radius 2 is 0.942 bits per heavy atom. The van der Waals surface area contributed by atoms with Gasteiger partial charge in [-0.25, -0.2) is 0 Å². The molecule has 0 saturated carbocycles. The van der Waals surface area contributed by atoms with Crippen LogP contribution in [0, 0.1) is 25.7 Å². The maximum atomic E-state index is 15.3. The molecule has 5 nitrogen and oxygen atoms in total. The zero-order valence-corrected chi connectivity index (χ0v) is 46.7. The molecule has 0 bridgehead atoms. The predicted octanol–water partition coefficient (Wildman–Crippen LogP) is 19.2. The average molecular weight is 1010 g/mol. The Balaban J connectivity index is 1.25. The third kappa shape index (κ3) is 13.5. The van der Waals surface area contributed by atoms with Gasteiger partial charge < -0.3 is 14.4 Å². The lowest BCUT2D eigenvalue weighted by Crippen LogP contribution is -2.32. The molecule has 2 atom stereocenters. The second kappa shape index (κ2) is 26.8. The van der Waals surface area contributed by atoms with E-state index >= 15 is 9.59 Å². The maximum absolute atomic E-state index is 15.3. The summed E-state index contributed by atoms with van der Waals surface area (Å²) in [5.41, 5.74) is 5.80. The molecule has 2 aliphatic rings. The summed E-state index contributed by atoms with van der Waals surface area (Å²) in [7, 11) is 0. The molecular weight excluding hydrogens is 923 g/mol. The lowest BCUT2D eigenvalue weighted by atomic mass is 9.94. The van der Waals surface area contributed by atoms with Crippen molar-refractivity contribution in [3.63, 3.8) is 0 Å². The van der Waals surface area contributed by atoms with E-state index in [1.807, 2.05) is 28.7 Å². The van der Waals surface area contributed by atoms with Gasteiger partial charge in [0.15, 0.2) is 0 Å². The molecule has 69 heavy (non-hydrogen) atoms. The van der Waals surface area contributed by atoms with Gasteiger partial charge in [0.2, 0.25) is 0 Å². The number of fused-ring (bicyclic) bond motifs is 4. The number of hydrogen-bond donors (Lipinski definition) is 0. The number of thiophene rings is 4. The van der Waals surface area contributed by atoms with Crippen molar-refractivity contribution in [1.29, 1.82) is 0 Å². The highest BCUT2D eigenvalue weighted by molar-refractivity contribution is 7.30. The van der Waals surface area contributed by atoms with Crippen LogP contribution in [0.5, 0.6) is 0 Å². The van der Waals surface area contributed by atoms with Crippen LogP contribution < -0.4 is 0 Å². The zero-order valence-electron chi connectivity index (χ0n) is 43.4. The molecule has 2 amide bonds.